The summed E-state index contributed by atoms with van der Waals surface area (Å²) in [6, 6.07) is 4.31. The first-order valence-electron chi connectivity index (χ1n) is 7.97. The van der Waals surface area contributed by atoms with Crippen molar-refractivity contribution in [2.45, 2.75) is 38.6 Å². The highest BCUT2D eigenvalue weighted by Crippen LogP contribution is 2.34. The normalized spacial score (nSPS) is 26.8. The van der Waals surface area contributed by atoms with E-state index in [2.05, 4.69) is 27.2 Å². The molecule has 1 N–H and O–H groups in total. The van der Waals surface area contributed by atoms with Crippen LogP contribution in [0.5, 0.6) is 5.75 Å². The molecule has 0 spiro atoms. The molecule has 1 heterocycles. The number of hydrogen-bond donors (Lipinski definition) is 1. The van der Waals surface area contributed by atoms with Gasteiger partial charge in [-0.05, 0) is 60.5 Å². The Morgan fingerprint density at radius 2 is 2.19 bits per heavy atom. The summed E-state index contributed by atoms with van der Waals surface area (Å²) in [5, 5.41) is 15.1. The van der Waals surface area contributed by atoms with Gasteiger partial charge < -0.3 is 9.84 Å². The van der Waals surface area contributed by atoms with Gasteiger partial charge in [-0.1, -0.05) is 0 Å². The number of ether oxygens (including phenoxy) is 1. The van der Waals surface area contributed by atoms with E-state index in [-0.39, 0.29) is 6.61 Å². The number of hydrogen-bond acceptors (Lipinski definition) is 3. The molecule has 0 saturated heterocycles. The van der Waals surface area contributed by atoms with Gasteiger partial charge in [0.2, 0.25) is 0 Å². The van der Waals surface area contributed by atoms with Crippen LogP contribution in [0.1, 0.15) is 40.0 Å². The maximum atomic E-state index is 9.30. The van der Waals surface area contributed by atoms with Gasteiger partial charge >= 0.3 is 0 Å². The number of rotatable bonds is 4. The summed E-state index contributed by atoms with van der Waals surface area (Å²) in [6.07, 6.45) is 5.28. The van der Waals surface area contributed by atoms with Gasteiger partial charge in [-0.15, -0.1) is 0 Å². The standard InChI is InChI=1S/C16H21BrN2O2/c1-2-21-16-8-15-12(7-14(16)17)9-19(18-15)13-5-3-11(10-20)4-6-13/h7-9,11,13,20H,2-6,10H2,1H3/i11D. The van der Waals surface area contributed by atoms with E-state index in [9.17, 15) is 5.11 Å². The minimum atomic E-state index is -0.658. The van der Waals surface area contributed by atoms with Gasteiger partial charge in [-0.25, -0.2) is 0 Å². The van der Waals surface area contributed by atoms with Crippen LogP contribution >= 0.6 is 15.9 Å². The third kappa shape index (κ3) is 3.09. The summed E-state index contributed by atoms with van der Waals surface area (Å²) in [7, 11) is 0. The summed E-state index contributed by atoms with van der Waals surface area (Å²) in [5.74, 6) is 0.156. The van der Waals surface area contributed by atoms with Crippen LogP contribution in [0.2, 0.25) is 0 Å². The van der Waals surface area contributed by atoms with Gasteiger partial charge in [0, 0.05) is 25.6 Å². The zero-order valence-corrected chi connectivity index (χ0v) is 13.8. The molecule has 1 aromatic heterocycles. The van der Waals surface area contributed by atoms with Crippen LogP contribution in [0.25, 0.3) is 10.9 Å². The molecule has 0 radical (unpaired) electrons. The van der Waals surface area contributed by atoms with Crippen LogP contribution in [0, 0.1) is 5.89 Å². The molecule has 114 valence electrons. The first-order valence-corrected chi connectivity index (χ1v) is 8.26. The maximum absolute atomic E-state index is 9.30. The second kappa shape index (κ2) is 6.36. The number of aliphatic hydroxyl groups excluding tert-OH is 1. The van der Waals surface area contributed by atoms with Crippen LogP contribution in [0.4, 0.5) is 0 Å². The summed E-state index contributed by atoms with van der Waals surface area (Å²) in [5.41, 5.74) is 0.927. The molecule has 0 bridgehead atoms. The number of fused-ring (bicyclic) bond motifs is 1. The van der Waals surface area contributed by atoms with Crippen molar-refractivity contribution in [2.24, 2.45) is 5.89 Å². The third-order valence-corrected chi connectivity index (χ3v) is 4.76. The van der Waals surface area contributed by atoms with Gasteiger partial charge in [-0.3, -0.25) is 4.68 Å². The van der Waals surface area contributed by atoms with Crippen molar-refractivity contribution in [2.75, 3.05) is 13.2 Å². The van der Waals surface area contributed by atoms with E-state index >= 15 is 0 Å². The number of benzene rings is 1. The SMILES string of the molecule is [2H]C1(CO)CCC(n2cc3cc(Br)c(OCC)cc3n2)CC1. The smallest absolute Gasteiger partial charge is 0.135 e. The van der Waals surface area contributed by atoms with E-state index in [1.54, 1.807) is 0 Å². The van der Waals surface area contributed by atoms with Crippen LogP contribution < -0.4 is 4.74 Å². The molecular weight excluding hydrogens is 332 g/mol. The van der Waals surface area contributed by atoms with Gasteiger partial charge in [-0.2, -0.15) is 5.10 Å². The van der Waals surface area contributed by atoms with Gasteiger partial charge in [0.25, 0.3) is 0 Å². The fourth-order valence-electron chi connectivity index (χ4n) is 2.93. The highest BCUT2D eigenvalue weighted by Gasteiger charge is 2.22. The molecule has 2 aromatic rings. The minimum absolute atomic E-state index is 0.0501. The summed E-state index contributed by atoms with van der Waals surface area (Å²) in [4.78, 5) is 0. The molecule has 0 unspecified atom stereocenters. The fraction of sp³-hybridized carbons (Fsp3) is 0.562. The largest absolute Gasteiger partial charge is 0.493 e. The number of aromatic nitrogens is 2. The van der Waals surface area contributed by atoms with Crippen LogP contribution in [0.3, 0.4) is 0 Å². The van der Waals surface area contributed by atoms with E-state index < -0.39 is 5.89 Å². The van der Waals surface area contributed by atoms with Crippen LogP contribution in [-0.4, -0.2) is 28.1 Å². The van der Waals surface area contributed by atoms with E-state index in [1.807, 2.05) is 23.7 Å². The Bertz CT molecular complexity index is 665. The minimum Gasteiger partial charge on any atom is -0.493 e. The highest BCUT2D eigenvalue weighted by atomic mass is 79.9. The summed E-state index contributed by atoms with van der Waals surface area (Å²) < 4.78 is 16.7. The first kappa shape index (κ1) is 13.6. The van der Waals surface area contributed by atoms with Crippen molar-refractivity contribution >= 4 is 26.8 Å². The van der Waals surface area contributed by atoms with Gasteiger partial charge in [0.05, 0.1) is 22.6 Å². The Hall–Kier alpha value is -1.07. The van der Waals surface area contributed by atoms with Crippen molar-refractivity contribution in [1.82, 2.24) is 9.78 Å². The number of halogens is 1. The molecule has 0 amide bonds. The monoisotopic (exact) mass is 353 g/mol. The molecule has 1 aliphatic carbocycles. The predicted molar refractivity (Wildman–Crippen MR) is 86.7 cm³/mol. The summed E-state index contributed by atoms with van der Waals surface area (Å²) in [6.45, 7) is 2.54. The third-order valence-electron chi connectivity index (χ3n) is 4.14. The predicted octanol–water partition coefficient (Wildman–Crippen LogP) is 3.92. The molecule has 0 aliphatic heterocycles. The second-order valence-electron chi connectivity index (χ2n) is 5.52. The van der Waals surface area contributed by atoms with Crippen LogP contribution in [0.15, 0.2) is 22.8 Å². The first-order chi connectivity index (χ1) is 10.5. The zero-order chi connectivity index (χ0) is 15.7. The Kier molecular flexibility index (Phi) is 4.11. The molecule has 0 atom stereocenters. The lowest BCUT2D eigenvalue weighted by Gasteiger charge is -2.27. The fourth-order valence-corrected chi connectivity index (χ4v) is 3.41. The van der Waals surface area contributed by atoms with Gasteiger partial charge in [0.1, 0.15) is 5.75 Å². The Morgan fingerprint density at radius 1 is 1.43 bits per heavy atom. The highest BCUT2D eigenvalue weighted by molar-refractivity contribution is 9.10. The van der Waals surface area contributed by atoms with E-state index in [0.29, 0.717) is 12.6 Å². The Balaban J connectivity index is 1.83. The Morgan fingerprint density at radius 3 is 2.86 bits per heavy atom. The molecule has 3 rings (SSSR count). The molecule has 4 nitrogen and oxygen atoms in total. The molecule has 1 fully saturated rings. The van der Waals surface area contributed by atoms with Crippen molar-refractivity contribution in [3.63, 3.8) is 0 Å². The van der Waals surface area contributed by atoms with E-state index in [0.717, 1.165) is 46.8 Å². The number of nitrogens with zero attached hydrogens (tertiary/aromatic N) is 2. The maximum Gasteiger partial charge on any atom is 0.135 e. The molecule has 1 aromatic carbocycles. The Labute approximate surface area is 134 Å². The average molecular weight is 354 g/mol. The molecule has 1 aliphatic rings. The van der Waals surface area contributed by atoms with Gasteiger partial charge in [0.15, 0.2) is 0 Å². The van der Waals surface area contributed by atoms with Crippen LogP contribution in [-0.2, 0) is 0 Å². The average Bonchev–Trinajstić information content (AvgIpc) is 2.91. The molecular formula is C16H21BrN2O2. The summed E-state index contributed by atoms with van der Waals surface area (Å²) >= 11 is 3.53. The van der Waals surface area contributed by atoms with E-state index in [4.69, 9.17) is 6.11 Å². The van der Waals surface area contributed by atoms with Crippen molar-refractivity contribution in [1.29, 1.82) is 0 Å². The van der Waals surface area contributed by atoms with Crippen molar-refractivity contribution in [3.8, 4) is 5.75 Å². The van der Waals surface area contributed by atoms with E-state index in [1.165, 1.54) is 0 Å². The molecule has 21 heavy (non-hydrogen) atoms. The van der Waals surface area contributed by atoms with Crippen molar-refractivity contribution < 1.29 is 11.2 Å². The lowest BCUT2D eigenvalue weighted by molar-refractivity contribution is 0.165. The second-order valence-corrected chi connectivity index (χ2v) is 6.38. The topological polar surface area (TPSA) is 47.3 Å². The zero-order valence-electron chi connectivity index (χ0n) is 13.2. The quantitative estimate of drug-likeness (QED) is 0.905. The molecule has 1 saturated carbocycles. The molecule has 5 heteroatoms. The lowest BCUT2D eigenvalue weighted by Crippen LogP contribution is -2.20. The van der Waals surface area contributed by atoms with Crippen molar-refractivity contribution in [3.05, 3.63) is 22.8 Å². The lowest BCUT2D eigenvalue weighted by atomic mass is 9.87. The number of aliphatic hydroxyl groups is 1.